The van der Waals surface area contributed by atoms with E-state index in [0.717, 1.165) is 25.9 Å². The summed E-state index contributed by atoms with van der Waals surface area (Å²) in [6, 6.07) is -0.246. The second-order valence-electron chi connectivity index (χ2n) is 6.08. The lowest BCUT2D eigenvalue weighted by atomic mass is 9.85. The Balaban J connectivity index is 1.90. The quantitative estimate of drug-likeness (QED) is 0.697. The van der Waals surface area contributed by atoms with Crippen molar-refractivity contribution in [1.82, 2.24) is 15.5 Å². The summed E-state index contributed by atoms with van der Waals surface area (Å²) in [5.41, 5.74) is 0.337. The molecular weight excluding hydrogens is 230 g/mol. The monoisotopic (exact) mass is 253 g/mol. The number of hydrogen-bond acceptors (Lipinski definition) is 3. The predicted octanol–water partition coefficient (Wildman–Crippen LogP) is 0.113. The van der Waals surface area contributed by atoms with E-state index < -0.39 is 0 Å². The van der Waals surface area contributed by atoms with Crippen LogP contribution in [-0.2, 0) is 9.59 Å². The molecule has 1 atom stereocenters. The first-order chi connectivity index (χ1) is 8.48. The number of rotatable bonds is 1. The van der Waals surface area contributed by atoms with Gasteiger partial charge in [0.05, 0.1) is 6.54 Å². The van der Waals surface area contributed by atoms with Crippen molar-refractivity contribution in [3.63, 3.8) is 0 Å². The molecule has 2 amide bonds. The first kappa shape index (κ1) is 13.3. The molecule has 0 aliphatic carbocycles. The molecule has 102 valence electrons. The summed E-state index contributed by atoms with van der Waals surface area (Å²) in [6.07, 6.45) is 3.29. The van der Waals surface area contributed by atoms with E-state index in [1.165, 1.54) is 6.42 Å². The summed E-state index contributed by atoms with van der Waals surface area (Å²) >= 11 is 0. The Bertz CT molecular complexity index is 331. The van der Waals surface area contributed by atoms with E-state index in [-0.39, 0.29) is 24.4 Å². The minimum absolute atomic E-state index is 0.0314. The highest BCUT2D eigenvalue weighted by molar-refractivity contribution is 5.86. The molecule has 18 heavy (non-hydrogen) atoms. The average Bonchev–Trinajstić information content (AvgIpc) is 2.50. The van der Waals surface area contributed by atoms with Crippen LogP contribution in [0.4, 0.5) is 0 Å². The highest BCUT2D eigenvalue weighted by atomic mass is 16.2. The zero-order valence-electron chi connectivity index (χ0n) is 11.3. The molecule has 1 unspecified atom stereocenters. The summed E-state index contributed by atoms with van der Waals surface area (Å²) in [7, 11) is 0. The molecule has 2 aliphatic rings. The van der Waals surface area contributed by atoms with Crippen molar-refractivity contribution in [2.75, 3.05) is 26.2 Å². The average molecular weight is 253 g/mol. The fourth-order valence-electron chi connectivity index (χ4n) is 2.60. The Morgan fingerprint density at radius 1 is 1.33 bits per heavy atom. The Kier molecular flexibility index (Phi) is 3.90. The number of nitrogens with one attached hydrogen (secondary N) is 2. The molecular formula is C13H23N3O2. The molecule has 2 fully saturated rings. The van der Waals surface area contributed by atoms with E-state index in [0.29, 0.717) is 12.0 Å². The number of amides is 2. The second kappa shape index (κ2) is 5.26. The van der Waals surface area contributed by atoms with Crippen LogP contribution in [0.2, 0.25) is 0 Å². The molecule has 2 N–H and O–H groups in total. The zero-order chi connectivity index (χ0) is 13.2. The van der Waals surface area contributed by atoms with Crippen LogP contribution < -0.4 is 10.6 Å². The number of carbonyl (C=O) groups excluding carboxylic acids is 2. The number of carbonyl (C=O) groups is 2. The van der Waals surface area contributed by atoms with Gasteiger partial charge in [-0.25, -0.2) is 0 Å². The molecule has 2 saturated heterocycles. The number of nitrogens with zero attached hydrogens (tertiary/aromatic N) is 1. The van der Waals surface area contributed by atoms with Gasteiger partial charge in [-0.2, -0.15) is 0 Å². The Labute approximate surface area is 108 Å². The fraction of sp³-hybridized carbons (Fsp3) is 0.846. The normalized spacial score (nSPS) is 28.4. The third kappa shape index (κ3) is 3.22. The van der Waals surface area contributed by atoms with Crippen LogP contribution in [0.5, 0.6) is 0 Å². The van der Waals surface area contributed by atoms with Crippen molar-refractivity contribution in [2.24, 2.45) is 5.41 Å². The molecule has 0 aromatic carbocycles. The maximum Gasteiger partial charge on any atom is 0.241 e. The molecule has 0 saturated carbocycles. The van der Waals surface area contributed by atoms with Gasteiger partial charge in [0.1, 0.15) is 6.04 Å². The number of likely N-dealkylation sites (tertiary alicyclic amines) is 1. The van der Waals surface area contributed by atoms with E-state index in [9.17, 15) is 9.59 Å². The summed E-state index contributed by atoms with van der Waals surface area (Å²) in [5.74, 6) is 0.101. The van der Waals surface area contributed by atoms with Gasteiger partial charge in [-0.1, -0.05) is 13.8 Å². The molecule has 5 nitrogen and oxygen atoms in total. The van der Waals surface area contributed by atoms with Crippen LogP contribution in [0.15, 0.2) is 0 Å². The van der Waals surface area contributed by atoms with Crippen LogP contribution in [-0.4, -0.2) is 48.9 Å². The molecule has 0 bridgehead atoms. The van der Waals surface area contributed by atoms with Crippen molar-refractivity contribution in [2.45, 2.75) is 39.2 Å². The van der Waals surface area contributed by atoms with E-state index in [1.54, 1.807) is 0 Å². The van der Waals surface area contributed by atoms with Gasteiger partial charge < -0.3 is 10.2 Å². The van der Waals surface area contributed by atoms with Crippen molar-refractivity contribution in [3.8, 4) is 0 Å². The number of hydrogen-bond donors (Lipinski definition) is 2. The lowest BCUT2D eigenvalue weighted by molar-refractivity contribution is -0.134. The van der Waals surface area contributed by atoms with Gasteiger partial charge in [-0.05, 0) is 24.7 Å². The fourth-order valence-corrected chi connectivity index (χ4v) is 2.60. The van der Waals surface area contributed by atoms with Crippen molar-refractivity contribution in [3.05, 3.63) is 0 Å². The molecule has 2 rings (SSSR count). The minimum atomic E-state index is -0.246. The molecule has 5 heteroatoms. The third-order valence-corrected chi connectivity index (χ3v) is 3.96. The van der Waals surface area contributed by atoms with Gasteiger partial charge in [-0.15, -0.1) is 0 Å². The first-order valence-electron chi connectivity index (χ1n) is 6.77. The largest absolute Gasteiger partial charge is 0.353 e. The Morgan fingerprint density at radius 2 is 2.11 bits per heavy atom. The van der Waals surface area contributed by atoms with E-state index in [2.05, 4.69) is 24.5 Å². The van der Waals surface area contributed by atoms with Crippen molar-refractivity contribution < 1.29 is 9.59 Å². The summed E-state index contributed by atoms with van der Waals surface area (Å²) < 4.78 is 0. The van der Waals surface area contributed by atoms with Crippen LogP contribution in [0.1, 0.15) is 33.1 Å². The zero-order valence-corrected chi connectivity index (χ0v) is 11.3. The molecule has 0 aromatic rings. The summed E-state index contributed by atoms with van der Waals surface area (Å²) in [4.78, 5) is 25.3. The standard InChI is InChI=1S/C13H23N3O2/c1-13(2)4-3-6-16(7-5-13)12(18)10-8-15-11(17)9-14-10/h10,14H,3-9H2,1-2H3,(H,15,17). The van der Waals surface area contributed by atoms with E-state index in [1.807, 2.05) is 4.90 Å². The van der Waals surface area contributed by atoms with Crippen LogP contribution in [0.3, 0.4) is 0 Å². The van der Waals surface area contributed by atoms with Crippen molar-refractivity contribution in [1.29, 1.82) is 0 Å². The molecule has 2 heterocycles. The third-order valence-electron chi connectivity index (χ3n) is 3.96. The van der Waals surface area contributed by atoms with Crippen LogP contribution >= 0.6 is 0 Å². The van der Waals surface area contributed by atoms with Gasteiger partial charge in [0.2, 0.25) is 11.8 Å². The van der Waals surface area contributed by atoms with Crippen LogP contribution in [0, 0.1) is 5.41 Å². The molecule has 0 aromatic heterocycles. The van der Waals surface area contributed by atoms with Gasteiger partial charge in [0.15, 0.2) is 0 Å². The highest BCUT2D eigenvalue weighted by Crippen LogP contribution is 2.29. The van der Waals surface area contributed by atoms with Gasteiger partial charge in [-0.3, -0.25) is 14.9 Å². The maximum atomic E-state index is 12.3. The lowest BCUT2D eigenvalue weighted by Crippen LogP contribution is -2.58. The Morgan fingerprint density at radius 3 is 2.78 bits per heavy atom. The minimum Gasteiger partial charge on any atom is -0.353 e. The van der Waals surface area contributed by atoms with E-state index in [4.69, 9.17) is 0 Å². The molecule has 0 radical (unpaired) electrons. The predicted molar refractivity (Wildman–Crippen MR) is 69.0 cm³/mol. The van der Waals surface area contributed by atoms with Gasteiger partial charge in [0, 0.05) is 19.6 Å². The first-order valence-corrected chi connectivity index (χ1v) is 6.77. The Hall–Kier alpha value is -1.10. The van der Waals surface area contributed by atoms with E-state index >= 15 is 0 Å². The SMILES string of the molecule is CC1(C)CCCN(C(=O)C2CNC(=O)CN2)CC1. The maximum absolute atomic E-state index is 12.3. The summed E-state index contributed by atoms with van der Waals surface area (Å²) in [5, 5.41) is 5.74. The molecule has 0 spiro atoms. The smallest absolute Gasteiger partial charge is 0.241 e. The molecule has 2 aliphatic heterocycles. The number of piperazine rings is 1. The summed E-state index contributed by atoms with van der Waals surface area (Å²) in [6.45, 7) is 6.86. The second-order valence-corrected chi connectivity index (χ2v) is 6.08. The van der Waals surface area contributed by atoms with Crippen LogP contribution in [0.25, 0.3) is 0 Å². The highest BCUT2D eigenvalue weighted by Gasteiger charge is 2.30. The topological polar surface area (TPSA) is 61.4 Å². The lowest BCUT2D eigenvalue weighted by Gasteiger charge is -2.29. The van der Waals surface area contributed by atoms with Gasteiger partial charge >= 0.3 is 0 Å². The van der Waals surface area contributed by atoms with Crippen molar-refractivity contribution >= 4 is 11.8 Å². The van der Waals surface area contributed by atoms with Gasteiger partial charge in [0.25, 0.3) is 0 Å².